The maximum absolute atomic E-state index is 12.4. The van der Waals surface area contributed by atoms with Gasteiger partial charge < -0.3 is 5.32 Å². The Morgan fingerprint density at radius 1 is 1.45 bits per heavy atom. The number of nitrogens with zero attached hydrogens (tertiary/aromatic N) is 2. The minimum atomic E-state index is -0.127. The van der Waals surface area contributed by atoms with Gasteiger partial charge in [0.1, 0.15) is 5.82 Å². The molecule has 0 aromatic carbocycles. The zero-order valence-corrected chi connectivity index (χ0v) is 14.3. The first kappa shape index (κ1) is 17.2. The van der Waals surface area contributed by atoms with Crippen molar-refractivity contribution < 1.29 is 4.79 Å². The van der Waals surface area contributed by atoms with Crippen molar-refractivity contribution in [2.75, 3.05) is 18.4 Å². The van der Waals surface area contributed by atoms with Gasteiger partial charge in [-0.2, -0.15) is 0 Å². The standard InChI is InChI=1S/C17H26ClN3O/c1-3-5-14-6-4-10-21(11-9-14)13(2)17(22)20-16-8-7-15(18)12-19-16/h7-8,12-14H,3-6,9-11H2,1-2H3,(H,19,20,22). The second kappa shape index (κ2) is 8.49. The lowest BCUT2D eigenvalue weighted by Gasteiger charge is -2.26. The summed E-state index contributed by atoms with van der Waals surface area (Å²) in [6, 6.07) is 3.33. The molecule has 2 rings (SSSR count). The van der Waals surface area contributed by atoms with E-state index in [0.29, 0.717) is 10.8 Å². The number of rotatable bonds is 5. The molecular weight excluding hydrogens is 298 g/mol. The number of nitrogens with one attached hydrogen (secondary N) is 1. The number of anilines is 1. The van der Waals surface area contributed by atoms with Gasteiger partial charge in [-0.3, -0.25) is 9.69 Å². The Morgan fingerprint density at radius 3 is 2.95 bits per heavy atom. The molecule has 1 aliphatic rings. The van der Waals surface area contributed by atoms with E-state index in [4.69, 9.17) is 11.6 Å². The normalized spacial score (nSPS) is 21.1. The number of carbonyl (C=O) groups excluding carboxylic acids is 1. The Kier molecular flexibility index (Phi) is 6.65. The molecule has 0 aliphatic carbocycles. The molecule has 5 heteroatoms. The summed E-state index contributed by atoms with van der Waals surface area (Å²) >= 11 is 5.81. The van der Waals surface area contributed by atoms with E-state index in [1.807, 2.05) is 6.92 Å². The molecule has 1 aliphatic heterocycles. The average Bonchev–Trinajstić information content (AvgIpc) is 2.75. The van der Waals surface area contributed by atoms with Crippen LogP contribution in [0.4, 0.5) is 5.82 Å². The minimum absolute atomic E-state index is 0.00349. The van der Waals surface area contributed by atoms with E-state index in [-0.39, 0.29) is 11.9 Å². The number of pyridine rings is 1. The van der Waals surface area contributed by atoms with Crippen LogP contribution in [0.3, 0.4) is 0 Å². The summed E-state index contributed by atoms with van der Waals surface area (Å²) in [4.78, 5) is 18.8. The topological polar surface area (TPSA) is 45.2 Å². The lowest BCUT2D eigenvalue weighted by Crippen LogP contribution is -2.42. The molecule has 1 aromatic heterocycles. The number of aromatic nitrogens is 1. The molecular formula is C17H26ClN3O. The van der Waals surface area contributed by atoms with Crippen LogP contribution in [0.5, 0.6) is 0 Å². The average molecular weight is 324 g/mol. The van der Waals surface area contributed by atoms with Crippen molar-refractivity contribution in [3.63, 3.8) is 0 Å². The number of amides is 1. The first-order valence-corrected chi connectivity index (χ1v) is 8.64. The van der Waals surface area contributed by atoms with Gasteiger partial charge in [-0.15, -0.1) is 0 Å². The third-order valence-corrected chi connectivity index (χ3v) is 4.71. The van der Waals surface area contributed by atoms with Crippen LogP contribution in [-0.2, 0) is 4.79 Å². The van der Waals surface area contributed by atoms with Gasteiger partial charge >= 0.3 is 0 Å². The van der Waals surface area contributed by atoms with Crippen LogP contribution in [0.25, 0.3) is 0 Å². The van der Waals surface area contributed by atoms with Crippen molar-refractivity contribution in [1.29, 1.82) is 0 Å². The summed E-state index contributed by atoms with van der Waals surface area (Å²) in [5.41, 5.74) is 0. The number of likely N-dealkylation sites (tertiary alicyclic amines) is 1. The molecule has 2 unspecified atom stereocenters. The quantitative estimate of drug-likeness (QED) is 0.892. The van der Waals surface area contributed by atoms with E-state index >= 15 is 0 Å². The second-order valence-electron chi connectivity index (χ2n) is 6.15. The van der Waals surface area contributed by atoms with Crippen molar-refractivity contribution in [2.45, 2.75) is 52.0 Å². The fourth-order valence-corrected chi connectivity index (χ4v) is 3.23. The van der Waals surface area contributed by atoms with Crippen molar-refractivity contribution in [3.05, 3.63) is 23.4 Å². The first-order valence-electron chi connectivity index (χ1n) is 8.26. The summed E-state index contributed by atoms with van der Waals surface area (Å²) in [5.74, 6) is 1.38. The molecule has 1 fully saturated rings. The van der Waals surface area contributed by atoms with Gasteiger partial charge in [-0.05, 0) is 57.3 Å². The van der Waals surface area contributed by atoms with Crippen molar-refractivity contribution in [3.8, 4) is 0 Å². The summed E-state index contributed by atoms with van der Waals surface area (Å²) < 4.78 is 0. The molecule has 122 valence electrons. The van der Waals surface area contributed by atoms with Gasteiger partial charge in [-0.1, -0.05) is 31.4 Å². The van der Waals surface area contributed by atoms with Crippen LogP contribution in [-0.4, -0.2) is 34.9 Å². The molecule has 2 heterocycles. The van der Waals surface area contributed by atoms with Gasteiger partial charge in [0.15, 0.2) is 0 Å². The van der Waals surface area contributed by atoms with Crippen LogP contribution >= 0.6 is 11.6 Å². The van der Waals surface area contributed by atoms with Crippen molar-refractivity contribution >= 4 is 23.3 Å². The van der Waals surface area contributed by atoms with Crippen LogP contribution in [0.15, 0.2) is 18.3 Å². The van der Waals surface area contributed by atoms with Crippen LogP contribution in [0.1, 0.15) is 46.0 Å². The molecule has 1 aromatic rings. The Labute approximate surface area is 138 Å². The van der Waals surface area contributed by atoms with Gasteiger partial charge in [0, 0.05) is 6.20 Å². The van der Waals surface area contributed by atoms with Gasteiger partial charge in [0.2, 0.25) is 5.91 Å². The maximum Gasteiger partial charge on any atom is 0.242 e. The van der Waals surface area contributed by atoms with E-state index in [1.165, 1.54) is 32.1 Å². The fraction of sp³-hybridized carbons (Fsp3) is 0.647. The predicted molar refractivity (Wildman–Crippen MR) is 91.2 cm³/mol. The Morgan fingerprint density at radius 2 is 2.27 bits per heavy atom. The zero-order valence-electron chi connectivity index (χ0n) is 13.5. The van der Waals surface area contributed by atoms with E-state index in [1.54, 1.807) is 18.3 Å². The summed E-state index contributed by atoms with van der Waals surface area (Å²) in [7, 11) is 0. The van der Waals surface area contributed by atoms with E-state index in [9.17, 15) is 4.79 Å². The van der Waals surface area contributed by atoms with Gasteiger partial charge in [0.05, 0.1) is 11.1 Å². The highest BCUT2D eigenvalue weighted by molar-refractivity contribution is 6.30. The summed E-state index contributed by atoms with van der Waals surface area (Å²) in [5, 5.41) is 3.44. The summed E-state index contributed by atoms with van der Waals surface area (Å²) in [6.45, 7) is 6.24. The van der Waals surface area contributed by atoms with E-state index in [2.05, 4.69) is 22.1 Å². The lowest BCUT2D eigenvalue weighted by molar-refractivity contribution is -0.120. The Balaban J connectivity index is 1.88. The Bertz CT molecular complexity index is 477. The smallest absolute Gasteiger partial charge is 0.242 e. The number of carbonyl (C=O) groups is 1. The maximum atomic E-state index is 12.4. The van der Waals surface area contributed by atoms with Gasteiger partial charge in [0.25, 0.3) is 0 Å². The third kappa shape index (κ3) is 4.96. The van der Waals surface area contributed by atoms with Crippen LogP contribution in [0, 0.1) is 5.92 Å². The molecule has 4 nitrogen and oxygen atoms in total. The van der Waals surface area contributed by atoms with E-state index in [0.717, 1.165) is 19.0 Å². The predicted octanol–water partition coefficient (Wildman–Crippen LogP) is 3.96. The molecule has 2 atom stereocenters. The highest BCUT2D eigenvalue weighted by Gasteiger charge is 2.24. The highest BCUT2D eigenvalue weighted by Crippen LogP contribution is 2.23. The minimum Gasteiger partial charge on any atom is -0.309 e. The number of hydrogen-bond acceptors (Lipinski definition) is 3. The van der Waals surface area contributed by atoms with Crippen molar-refractivity contribution in [1.82, 2.24) is 9.88 Å². The zero-order chi connectivity index (χ0) is 15.9. The fourth-order valence-electron chi connectivity index (χ4n) is 3.12. The molecule has 22 heavy (non-hydrogen) atoms. The van der Waals surface area contributed by atoms with E-state index < -0.39 is 0 Å². The monoisotopic (exact) mass is 323 g/mol. The molecule has 1 amide bonds. The Hall–Kier alpha value is -1.13. The molecule has 0 saturated carbocycles. The van der Waals surface area contributed by atoms with Gasteiger partial charge in [-0.25, -0.2) is 4.98 Å². The summed E-state index contributed by atoms with van der Waals surface area (Å²) in [6.07, 6.45) is 7.78. The number of halogens is 1. The van der Waals surface area contributed by atoms with Crippen molar-refractivity contribution in [2.24, 2.45) is 5.92 Å². The molecule has 0 radical (unpaired) electrons. The highest BCUT2D eigenvalue weighted by atomic mass is 35.5. The molecule has 0 spiro atoms. The van der Waals surface area contributed by atoms with Crippen LogP contribution < -0.4 is 5.32 Å². The lowest BCUT2D eigenvalue weighted by atomic mass is 9.96. The first-order chi connectivity index (χ1) is 10.6. The molecule has 1 N–H and O–H groups in total. The SMILES string of the molecule is CCCC1CCCN(C(C)C(=O)Nc2ccc(Cl)cn2)CC1. The second-order valence-corrected chi connectivity index (χ2v) is 6.58. The third-order valence-electron chi connectivity index (χ3n) is 4.49. The molecule has 0 bridgehead atoms. The van der Waals surface area contributed by atoms with Crippen LogP contribution in [0.2, 0.25) is 5.02 Å². The molecule has 1 saturated heterocycles. The largest absolute Gasteiger partial charge is 0.309 e. The number of hydrogen-bond donors (Lipinski definition) is 1.